The Balaban J connectivity index is 1.89. The molecular weight excluding hydrogens is 220 g/mol. The molecule has 1 N–H and O–H groups in total. The Labute approximate surface area is 110 Å². The second kappa shape index (κ2) is 5.41. The van der Waals surface area contributed by atoms with Crippen molar-refractivity contribution in [3.05, 3.63) is 34.9 Å². The van der Waals surface area contributed by atoms with Crippen molar-refractivity contribution in [3.63, 3.8) is 0 Å². The number of hydrogen-bond donors (Lipinski definition) is 1. The van der Waals surface area contributed by atoms with E-state index in [2.05, 4.69) is 35.3 Å². The van der Waals surface area contributed by atoms with Crippen LogP contribution >= 0.6 is 0 Å². The molecule has 1 aliphatic carbocycles. The van der Waals surface area contributed by atoms with Gasteiger partial charge in [0, 0.05) is 32.2 Å². The van der Waals surface area contributed by atoms with Gasteiger partial charge in [-0.1, -0.05) is 25.1 Å². The second-order valence-electron chi connectivity index (χ2n) is 5.58. The highest BCUT2D eigenvalue weighted by Crippen LogP contribution is 2.35. The van der Waals surface area contributed by atoms with E-state index in [0.717, 1.165) is 19.5 Å². The number of benzene rings is 1. The maximum absolute atomic E-state index is 3.46. The molecule has 1 unspecified atom stereocenters. The average molecular weight is 244 g/mol. The van der Waals surface area contributed by atoms with Crippen molar-refractivity contribution >= 4 is 0 Å². The van der Waals surface area contributed by atoms with E-state index >= 15 is 0 Å². The number of piperazine rings is 1. The molecule has 0 amide bonds. The standard InChI is InChI=1S/C16H24N2/c1-2-13-6-7-14-4-3-5-16(15(14)12-13)18-10-8-17-9-11-18/h6-7,12,16-17H,2-5,8-11H2,1H3. The molecule has 1 saturated heterocycles. The number of aryl methyl sites for hydroxylation is 2. The minimum Gasteiger partial charge on any atom is -0.314 e. The zero-order chi connectivity index (χ0) is 12.4. The van der Waals surface area contributed by atoms with Gasteiger partial charge in [0.25, 0.3) is 0 Å². The fraction of sp³-hybridized carbons (Fsp3) is 0.625. The van der Waals surface area contributed by atoms with Crippen molar-refractivity contribution in [2.75, 3.05) is 26.2 Å². The highest BCUT2D eigenvalue weighted by atomic mass is 15.2. The molecule has 0 bridgehead atoms. The monoisotopic (exact) mass is 244 g/mol. The summed E-state index contributed by atoms with van der Waals surface area (Å²) in [6.45, 7) is 6.98. The van der Waals surface area contributed by atoms with Crippen LogP contribution in [0.2, 0.25) is 0 Å². The summed E-state index contributed by atoms with van der Waals surface area (Å²) in [5.74, 6) is 0. The number of hydrogen-bond acceptors (Lipinski definition) is 2. The van der Waals surface area contributed by atoms with Crippen LogP contribution < -0.4 is 5.32 Å². The molecule has 1 aliphatic heterocycles. The first-order valence-corrected chi connectivity index (χ1v) is 7.45. The molecule has 1 atom stereocenters. The Bertz CT molecular complexity index is 408. The van der Waals surface area contributed by atoms with Crippen LogP contribution in [0, 0.1) is 0 Å². The van der Waals surface area contributed by atoms with Gasteiger partial charge in [0.2, 0.25) is 0 Å². The van der Waals surface area contributed by atoms with E-state index in [1.165, 1.54) is 37.9 Å². The van der Waals surface area contributed by atoms with Crippen LogP contribution in [0.4, 0.5) is 0 Å². The lowest BCUT2D eigenvalue weighted by Crippen LogP contribution is -2.45. The maximum Gasteiger partial charge on any atom is 0.0352 e. The molecule has 1 heterocycles. The van der Waals surface area contributed by atoms with E-state index < -0.39 is 0 Å². The van der Waals surface area contributed by atoms with E-state index in [1.54, 1.807) is 11.1 Å². The molecule has 18 heavy (non-hydrogen) atoms. The van der Waals surface area contributed by atoms with Gasteiger partial charge in [0.1, 0.15) is 0 Å². The summed E-state index contributed by atoms with van der Waals surface area (Å²) in [7, 11) is 0. The van der Waals surface area contributed by atoms with Crippen LogP contribution in [0.3, 0.4) is 0 Å². The van der Waals surface area contributed by atoms with Gasteiger partial charge in [-0.3, -0.25) is 4.90 Å². The molecule has 1 aromatic rings. The number of nitrogens with one attached hydrogen (secondary N) is 1. The first-order chi connectivity index (χ1) is 8.88. The Morgan fingerprint density at radius 2 is 2.11 bits per heavy atom. The van der Waals surface area contributed by atoms with E-state index in [4.69, 9.17) is 0 Å². The zero-order valence-electron chi connectivity index (χ0n) is 11.4. The predicted octanol–water partition coefficient (Wildman–Crippen LogP) is 2.53. The van der Waals surface area contributed by atoms with Crippen molar-refractivity contribution in [2.45, 2.75) is 38.6 Å². The zero-order valence-corrected chi connectivity index (χ0v) is 11.4. The van der Waals surface area contributed by atoms with Gasteiger partial charge >= 0.3 is 0 Å². The topological polar surface area (TPSA) is 15.3 Å². The number of fused-ring (bicyclic) bond motifs is 1. The minimum atomic E-state index is 0.683. The van der Waals surface area contributed by atoms with Gasteiger partial charge in [-0.05, 0) is 42.4 Å². The lowest BCUT2D eigenvalue weighted by Gasteiger charge is -2.38. The summed E-state index contributed by atoms with van der Waals surface area (Å²) < 4.78 is 0. The van der Waals surface area contributed by atoms with Crippen LogP contribution in [-0.4, -0.2) is 31.1 Å². The number of nitrogens with zero attached hydrogens (tertiary/aromatic N) is 1. The Morgan fingerprint density at radius 3 is 2.89 bits per heavy atom. The molecule has 0 radical (unpaired) electrons. The molecule has 98 valence electrons. The molecule has 0 saturated carbocycles. The van der Waals surface area contributed by atoms with E-state index in [-0.39, 0.29) is 0 Å². The Hall–Kier alpha value is -0.860. The van der Waals surface area contributed by atoms with Crippen LogP contribution in [0.1, 0.15) is 42.5 Å². The Kier molecular flexibility index (Phi) is 3.67. The first kappa shape index (κ1) is 12.2. The largest absolute Gasteiger partial charge is 0.314 e. The molecule has 0 spiro atoms. The van der Waals surface area contributed by atoms with E-state index in [9.17, 15) is 0 Å². The maximum atomic E-state index is 3.46. The third-order valence-corrected chi connectivity index (χ3v) is 4.49. The average Bonchev–Trinajstić information content (AvgIpc) is 2.47. The molecule has 2 nitrogen and oxygen atoms in total. The summed E-state index contributed by atoms with van der Waals surface area (Å²) in [5, 5.41) is 3.46. The molecule has 2 heteroatoms. The summed E-state index contributed by atoms with van der Waals surface area (Å²) in [6, 6.07) is 7.85. The fourth-order valence-corrected chi connectivity index (χ4v) is 3.42. The van der Waals surface area contributed by atoms with Crippen LogP contribution in [0.25, 0.3) is 0 Å². The van der Waals surface area contributed by atoms with Crippen LogP contribution in [-0.2, 0) is 12.8 Å². The van der Waals surface area contributed by atoms with Crippen molar-refractivity contribution in [2.24, 2.45) is 0 Å². The van der Waals surface area contributed by atoms with Gasteiger partial charge in [-0.2, -0.15) is 0 Å². The quantitative estimate of drug-likeness (QED) is 0.860. The molecule has 0 aromatic heterocycles. The summed E-state index contributed by atoms with van der Waals surface area (Å²) in [5.41, 5.74) is 4.72. The summed E-state index contributed by atoms with van der Waals surface area (Å²) >= 11 is 0. The van der Waals surface area contributed by atoms with Gasteiger partial charge in [0.15, 0.2) is 0 Å². The molecule has 3 rings (SSSR count). The summed E-state index contributed by atoms with van der Waals surface area (Å²) in [6.07, 6.45) is 5.14. The normalized spacial score (nSPS) is 24.8. The third kappa shape index (κ3) is 2.32. The van der Waals surface area contributed by atoms with Crippen molar-refractivity contribution in [1.82, 2.24) is 10.2 Å². The second-order valence-corrected chi connectivity index (χ2v) is 5.58. The van der Waals surface area contributed by atoms with Gasteiger partial charge in [-0.25, -0.2) is 0 Å². The van der Waals surface area contributed by atoms with Crippen molar-refractivity contribution in [3.8, 4) is 0 Å². The van der Waals surface area contributed by atoms with E-state index in [0.29, 0.717) is 6.04 Å². The molecule has 1 aromatic carbocycles. The highest BCUT2D eigenvalue weighted by Gasteiger charge is 2.26. The minimum absolute atomic E-state index is 0.683. The fourth-order valence-electron chi connectivity index (χ4n) is 3.42. The van der Waals surface area contributed by atoms with Crippen LogP contribution in [0.5, 0.6) is 0 Å². The van der Waals surface area contributed by atoms with Gasteiger partial charge < -0.3 is 5.32 Å². The predicted molar refractivity (Wildman–Crippen MR) is 75.9 cm³/mol. The van der Waals surface area contributed by atoms with Crippen LogP contribution in [0.15, 0.2) is 18.2 Å². The molecule has 2 aliphatic rings. The highest BCUT2D eigenvalue weighted by molar-refractivity contribution is 5.36. The van der Waals surface area contributed by atoms with Gasteiger partial charge in [0.05, 0.1) is 0 Å². The lowest BCUT2D eigenvalue weighted by atomic mass is 9.85. The first-order valence-electron chi connectivity index (χ1n) is 7.45. The lowest BCUT2D eigenvalue weighted by molar-refractivity contribution is 0.158. The molecular formula is C16H24N2. The van der Waals surface area contributed by atoms with Crippen molar-refractivity contribution in [1.29, 1.82) is 0 Å². The third-order valence-electron chi connectivity index (χ3n) is 4.49. The molecule has 1 fully saturated rings. The van der Waals surface area contributed by atoms with Gasteiger partial charge in [-0.15, -0.1) is 0 Å². The number of rotatable bonds is 2. The van der Waals surface area contributed by atoms with Crippen molar-refractivity contribution < 1.29 is 0 Å². The van der Waals surface area contributed by atoms with E-state index in [1.807, 2.05) is 0 Å². The SMILES string of the molecule is CCc1ccc2c(c1)C(N1CCNCC1)CCC2. The Morgan fingerprint density at radius 1 is 1.28 bits per heavy atom. The smallest absolute Gasteiger partial charge is 0.0352 e. The summed E-state index contributed by atoms with van der Waals surface area (Å²) in [4.78, 5) is 2.69.